The molecule has 0 saturated carbocycles. The second-order valence-corrected chi connectivity index (χ2v) is 2.87. The van der Waals surface area contributed by atoms with E-state index in [1.807, 2.05) is 13.8 Å². The zero-order chi connectivity index (χ0) is 9.56. The summed E-state index contributed by atoms with van der Waals surface area (Å²) in [6.07, 6.45) is 0.832. The van der Waals surface area contributed by atoms with Crippen LogP contribution in [0.3, 0.4) is 0 Å². The standard InChI is InChI=1S/C9H17NO2/c1-4-10-6-5-7(2)8(3)9(11)12/h7,10H,3-6H2,1-2H3,(H,11,12). The van der Waals surface area contributed by atoms with Gasteiger partial charge in [0.1, 0.15) is 0 Å². The first kappa shape index (κ1) is 11.2. The van der Waals surface area contributed by atoms with Gasteiger partial charge in [0.2, 0.25) is 0 Å². The van der Waals surface area contributed by atoms with E-state index in [9.17, 15) is 4.79 Å². The molecule has 0 rings (SSSR count). The smallest absolute Gasteiger partial charge is 0.331 e. The minimum Gasteiger partial charge on any atom is -0.478 e. The maximum atomic E-state index is 10.5. The van der Waals surface area contributed by atoms with Crippen LogP contribution in [0.5, 0.6) is 0 Å². The third-order valence-corrected chi connectivity index (χ3v) is 1.87. The number of nitrogens with one attached hydrogen (secondary N) is 1. The van der Waals surface area contributed by atoms with Gasteiger partial charge in [-0.3, -0.25) is 0 Å². The highest BCUT2D eigenvalue weighted by Crippen LogP contribution is 2.11. The largest absolute Gasteiger partial charge is 0.478 e. The van der Waals surface area contributed by atoms with E-state index in [1.165, 1.54) is 0 Å². The molecule has 1 atom stereocenters. The zero-order valence-electron chi connectivity index (χ0n) is 7.76. The molecule has 0 aromatic carbocycles. The molecule has 0 amide bonds. The number of hydrogen-bond donors (Lipinski definition) is 2. The van der Waals surface area contributed by atoms with Crippen molar-refractivity contribution in [1.29, 1.82) is 0 Å². The van der Waals surface area contributed by atoms with Gasteiger partial charge in [0.15, 0.2) is 0 Å². The SMILES string of the molecule is C=C(C(=O)O)C(C)CCNCC. The molecule has 0 heterocycles. The predicted molar refractivity (Wildman–Crippen MR) is 49.1 cm³/mol. The summed E-state index contributed by atoms with van der Waals surface area (Å²) in [4.78, 5) is 10.5. The van der Waals surface area contributed by atoms with Crippen LogP contribution >= 0.6 is 0 Å². The van der Waals surface area contributed by atoms with Crippen LogP contribution in [0.15, 0.2) is 12.2 Å². The Labute approximate surface area is 73.5 Å². The van der Waals surface area contributed by atoms with Crippen molar-refractivity contribution in [2.75, 3.05) is 13.1 Å². The van der Waals surface area contributed by atoms with Gasteiger partial charge in [-0.15, -0.1) is 0 Å². The lowest BCUT2D eigenvalue weighted by molar-refractivity contribution is -0.133. The van der Waals surface area contributed by atoms with Gasteiger partial charge in [-0.2, -0.15) is 0 Å². The molecule has 0 fully saturated rings. The van der Waals surface area contributed by atoms with Crippen molar-refractivity contribution < 1.29 is 9.90 Å². The van der Waals surface area contributed by atoms with Gasteiger partial charge < -0.3 is 10.4 Å². The molecule has 3 nitrogen and oxygen atoms in total. The van der Waals surface area contributed by atoms with E-state index >= 15 is 0 Å². The van der Waals surface area contributed by atoms with E-state index in [0.29, 0.717) is 5.57 Å². The first-order valence-corrected chi connectivity index (χ1v) is 4.22. The summed E-state index contributed by atoms with van der Waals surface area (Å²) in [7, 11) is 0. The van der Waals surface area contributed by atoms with Crippen LogP contribution in [0.1, 0.15) is 20.3 Å². The summed E-state index contributed by atoms with van der Waals surface area (Å²) in [6.45, 7) is 9.19. The van der Waals surface area contributed by atoms with Crippen LogP contribution in [0.25, 0.3) is 0 Å². The Kier molecular flexibility index (Phi) is 5.37. The molecule has 70 valence electrons. The molecule has 2 N–H and O–H groups in total. The van der Waals surface area contributed by atoms with Crippen LogP contribution in [0.4, 0.5) is 0 Å². The number of carboxylic acid groups (broad SMARTS) is 1. The van der Waals surface area contributed by atoms with E-state index in [1.54, 1.807) is 0 Å². The topological polar surface area (TPSA) is 49.3 Å². The van der Waals surface area contributed by atoms with E-state index in [-0.39, 0.29) is 5.92 Å². The molecular formula is C9H17NO2. The predicted octanol–water partition coefficient (Wildman–Crippen LogP) is 1.26. The average molecular weight is 171 g/mol. The summed E-state index contributed by atoms with van der Waals surface area (Å²) in [5, 5.41) is 11.7. The van der Waals surface area contributed by atoms with Gasteiger partial charge >= 0.3 is 5.97 Å². The quantitative estimate of drug-likeness (QED) is 0.467. The highest BCUT2D eigenvalue weighted by Gasteiger charge is 2.12. The lowest BCUT2D eigenvalue weighted by atomic mass is 9.99. The van der Waals surface area contributed by atoms with Gasteiger partial charge in [-0.05, 0) is 25.4 Å². The maximum absolute atomic E-state index is 10.5. The molecule has 1 unspecified atom stereocenters. The average Bonchev–Trinajstić information content (AvgIpc) is 2.03. The van der Waals surface area contributed by atoms with Crippen molar-refractivity contribution in [2.24, 2.45) is 5.92 Å². The molecule has 3 heteroatoms. The summed E-state index contributed by atoms with van der Waals surface area (Å²) >= 11 is 0. The highest BCUT2D eigenvalue weighted by molar-refractivity contribution is 5.86. The van der Waals surface area contributed by atoms with Crippen LogP contribution < -0.4 is 5.32 Å². The van der Waals surface area contributed by atoms with Crippen LogP contribution in [-0.4, -0.2) is 24.2 Å². The Bertz CT molecular complexity index is 166. The Hall–Kier alpha value is -0.830. The number of rotatable bonds is 6. The Balaban J connectivity index is 3.64. The number of carbonyl (C=O) groups is 1. The van der Waals surface area contributed by atoms with E-state index in [2.05, 4.69) is 11.9 Å². The van der Waals surface area contributed by atoms with Crippen molar-refractivity contribution in [3.05, 3.63) is 12.2 Å². The van der Waals surface area contributed by atoms with Crippen molar-refractivity contribution >= 4 is 5.97 Å². The van der Waals surface area contributed by atoms with Gasteiger partial charge in [-0.1, -0.05) is 20.4 Å². The van der Waals surface area contributed by atoms with E-state index < -0.39 is 5.97 Å². The second kappa shape index (κ2) is 5.77. The molecule has 0 saturated heterocycles. The summed E-state index contributed by atoms with van der Waals surface area (Å²) in [5.41, 5.74) is 0.299. The monoisotopic (exact) mass is 171 g/mol. The van der Waals surface area contributed by atoms with Crippen LogP contribution in [-0.2, 0) is 4.79 Å². The molecule has 0 spiro atoms. The van der Waals surface area contributed by atoms with Crippen molar-refractivity contribution in [3.8, 4) is 0 Å². The van der Waals surface area contributed by atoms with Crippen molar-refractivity contribution in [1.82, 2.24) is 5.32 Å². The summed E-state index contributed by atoms with van der Waals surface area (Å²) in [5.74, 6) is -0.833. The summed E-state index contributed by atoms with van der Waals surface area (Å²) in [6, 6.07) is 0. The molecule has 0 aromatic heterocycles. The fourth-order valence-electron chi connectivity index (χ4n) is 0.880. The molecule has 0 aliphatic carbocycles. The normalized spacial score (nSPS) is 12.5. The molecule has 0 aliphatic rings. The van der Waals surface area contributed by atoms with Crippen molar-refractivity contribution in [3.63, 3.8) is 0 Å². The third-order valence-electron chi connectivity index (χ3n) is 1.87. The molecule has 0 aromatic rings. The van der Waals surface area contributed by atoms with Crippen molar-refractivity contribution in [2.45, 2.75) is 20.3 Å². The number of carboxylic acids is 1. The highest BCUT2D eigenvalue weighted by atomic mass is 16.4. The fraction of sp³-hybridized carbons (Fsp3) is 0.667. The molecule has 0 aliphatic heterocycles. The lowest BCUT2D eigenvalue weighted by Gasteiger charge is -2.10. The molecule has 12 heavy (non-hydrogen) atoms. The first-order chi connectivity index (χ1) is 5.59. The van der Waals surface area contributed by atoms with Gasteiger partial charge in [0.25, 0.3) is 0 Å². The molecule has 0 bridgehead atoms. The number of aliphatic carboxylic acids is 1. The van der Waals surface area contributed by atoms with E-state index in [4.69, 9.17) is 5.11 Å². The van der Waals surface area contributed by atoms with Gasteiger partial charge in [-0.25, -0.2) is 4.79 Å². The zero-order valence-corrected chi connectivity index (χ0v) is 7.76. The van der Waals surface area contributed by atoms with Crippen LogP contribution in [0, 0.1) is 5.92 Å². The Morgan fingerprint density at radius 3 is 2.67 bits per heavy atom. The second-order valence-electron chi connectivity index (χ2n) is 2.87. The fourth-order valence-corrected chi connectivity index (χ4v) is 0.880. The molecule has 0 radical (unpaired) electrons. The Morgan fingerprint density at radius 1 is 1.67 bits per heavy atom. The van der Waals surface area contributed by atoms with Crippen LogP contribution in [0.2, 0.25) is 0 Å². The lowest BCUT2D eigenvalue weighted by Crippen LogP contribution is -2.18. The van der Waals surface area contributed by atoms with Gasteiger partial charge in [0, 0.05) is 5.57 Å². The number of hydrogen-bond acceptors (Lipinski definition) is 2. The van der Waals surface area contributed by atoms with E-state index in [0.717, 1.165) is 19.5 Å². The third kappa shape index (κ3) is 4.13. The minimum absolute atomic E-state index is 0.0570. The minimum atomic E-state index is -0.890. The summed E-state index contributed by atoms with van der Waals surface area (Å²) < 4.78 is 0. The Morgan fingerprint density at radius 2 is 2.25 bits per heavy atom. The first-order valence-electron chi connectivity index (χ1n) is 4.22. The van der Waals surface area contributed by atoms with Gasteiger partial charge in [0.05, 0.1) is 0 Å². The maximum Gasteiger partial charge on any atom is 0.331 e. The molecular weight excluding hydrogens is 154 g/mol.